The SMILES string of the molecule is CC(C)(C[C@@H](COC(F)(F)F)c1cccc(OC(F)F)c1)S(N)=O. The van der Waals surface area contributed by atoms with Crippen LogP contribution >= 0.6 is 0 Å². The summed E-state index contributed by atoms with van der Waals surface area (Å²) in [4.78, 5) is 0. The molecule has 0 heterocycles. The van der Waals surface area contributed by atoms with E-state index in [-0.39, 0.29) is 17.7 Å². The molecule has 2 atom stereocenters. The van der Waals surface area contributed by atoms with Gasteiger partial charge in [-0.15, -0.1) is 13.2 Å². The standard InChI is InChI=1S/C14H18F5NO3S/c1-13(2,24(20)21)7-10(8-22-14(17,18)19)9-4-3-5-11(6-9)23-12(15)16/h3-6,10,12H,7-8,20H2,1-2H3/t10-,24?/m0/s1. The normalized spacial score (nSPS) is 15.4. The number of alkyl halides is 5. The van der Waals surface area contributed by atoms with Crippen LogP contribution in [0.2, 0.25) is 0 Å². The smallest absolute Gasteiger partial charge is 0.435 e. The molecule has 10 heteroatoms. The summed E-state index contributed by atoms with van der Waals surface area (Å²) in [6.45, 7) is -0.757. The molecule has 0 radical (unpaired) electrons. The third-order valence-electron chi connectivity index (χ3n) is 3.29. The van der Waals surface area contributed by atoms with Crippen molar-refractivity contribution in [2.75, 3.05) is 6.61 Å². The Morgan fingerprint density at radius 2 is 1.88 bits per heavy atom. The summed E-state index contributed by atoms with van der Waals surface area (Å²) < 4.78 is 80.3. The van der Waals surface area contributed by atoms with Crippen molar-refractivity contribution in [1.82, 2.24) is 0 Å². The highest BCUT2D eigenvalue weighted by atomic mass is 32.2. The largest absolute Gasteiger partial charge is 0.522 e. The van der Waals surface area contributed by atoms with Crippen molar-refractivity contribution in [3.8, 4) is 5.75 Å². The number of nitrogens with two attached hydrogens (primary N) is 1. The number of rotatable bonds is 8. The Balaban J connectivity index is 3.05. The monoisotopic (exact) mass is 375 g/mol. The molecule has 1 aromatic carbocycles. The van der Waals surface area contributed by atoms with E-state index >= 15 is 0 Å². The second-order valence-corrected chi connectivity index (χ2v) is 7.37. The second-order valence-electron chi connectivity index (χ2n) is 5.67. The molecule has 0 aromatic heterocycles. The zero-order valence-corrected chi connectivity index (χ0v) is 13.8. The van der Waals surface area contributed by atoms with Gasteiger partial charge in [0.1, 0.15) is 5.75 Å². The Labute approximate surface area is 138 Å². The van der Waals surface area contributed by atoms with Gasteiger partial charge in [0, 0.05) is 5.92 Å². The van der Waals surface area contributed by atoms with Gasteiger partial charge >= 0.3 is 13.0 Å². The lowest BCUT2D eigenvalue weighted by molar-refractivity contribution is -0.326. The van der Waals surface area contributed by atoms with Gasteiger partial charge in [-0.05, 0) is 38.0 Å². The first-order chi connectivity index (χ1) is 10.9. The average molecular weight is 375 g/mol. The van der Waals surface area contributed by atoms with E-state index in [0.717, 1.165) is 0 Å². The molecule has 138 valence electrons. The molecule has 0 spiro atoms. The summed E-state index contributed by atoms with van der Waals surface area (Å²) in [7, 11) is -1.80. The molecular weight excluding hydrogens is 357 g/mol. The molecule has 0 bridgehead atoms. The summed E-state index contributed by atoms with van der Waals surface area (Å²) >= 11 is 0. The van der Waals surface area contributed by atoms with Crippen molar-refractivity contribution in [2.45, 2.75) is 43.9 Å². The number of hydrogen-bond donors (Lipinski definition) is 1. The van der Waals surface area contributed by atoms with Gasteiger partial charge < -0.3 is 4.74 Å². The van der Waals surface area contributed by atoms with Crippen molar-refractivity contribution in [3.63, 3.8) is 0 Å². The Hall–Kier alpha value is -1.26. The Kier molecular flexibility index (Phi) is 7.11. The second kappa shape index (κ2) is 8.21. The molecule has 0 aliphatic rings. The van der Waals surface area contributed by atoms with E-state index in [1.807, 2.05) is 0 Å². The molecule has 0 saturated heterocycles. The quantitative estimate of drug-likeness (QED) is 0.705. The van der Waals surface area contributed by atoms with E-state index in [1.54, 1.807) is 0 Å². The van der Waals surface area contributed by atoms with Crippen LogP contribution in [0.15, 0.2) is 24.3 Å². The van der Waals surface area contributed by atoms with Gasteiger partial charge in [0.25, 0.3) is 0 Å². The topological polar surface area (TPSA) is 61.6 Å². The Bertz CT molecular complexity index is 566. The first-order valence-corrected chi connectivity index (χ1v) is 8.04. The van der Waals surface area contributed by atoms with Crippen molar-refractivity contribution in [3.05, 3.63) is 29.8 Å². The summed E-state index contributed by atoms with van der Waals surface area (Å²) in [5.74, 6) is -1.05. The molecule has 1 rings (SSSR count). The van der Waals surface area contributed by atoms with Gasteiger partial charge in [0.05, 0.1) is 22.3 Å². The van der Waals surface area contributed by atoms with Crippen LogP contribution in [0.5, 0.6) is 5.75 Å². The lowest BCUT2D eigenvalue weighted by atomic mass is 9.90. The molecule has 2 N–H and O–H groups in total. The molecule has 1 aromatic rings. The fourth-order valence-corrected chi connectivity index (χ4v) is 2.45. The van der Waals surface area contributed by atoms with Crippen LogP contribution in [0.3, 0.4) is 0 Å². The van der Waals surface area contributed by atoms with Crippen LogP contribution in [-0.2, 0) is 15.7 Å². The predicted molar refractivity (Wildman–Crippen MR) is 78.8 cm³/mol. The van der Waals surface area contributed by atoms with E-state index in [4.69, 9.17) is 5.14 Å². The Morgan fingerprint density at radius 1 is 1.25 bits per heavy atom. The first-order valence-electron chi connectivity index (χ1n) is 6.82. The van der Waals surface area contributed by atoms with Gasteiger partial charge in [-0.1, -0.05) is 12.1 Å². The molecule has 0 saturated carbocycles. The number of hydrogen-bond acceptors (Lipinski definition) is 3. The average Bonchev–Trinajstić information content (AvgIpc) is 2.41. The van der Waals surface area contributed by atoms with Crippen LogP contribution in [0.25, 0.3) is 0 Å². The number of halogens is 5. The van der Waals surface area contributed by atoms with Gasteiger partial charge in [-0.25, -0.2) is 4.21 Å². The zero-order chi connectivity index (χ0) is 18.5. The molecule has 4 nitrogen and oxygen atoms in total. The van der Waals surface area contributed by atoms with Gasteiger partial charge in [0.2, 0.25) is 0 Å². The first kappa shape index (κ1) is 20.8. The fraction of sp³-hybridized carbons (Fsp3) is 0.571. The minimum atomic E-state index is -4.85. The van der Waals surface area contributed by atoms with Crippen molar-refractivity contribution >= 4 is 11.0 Å². The summed E-state index contributed by atoms with van der Waals surface area (Å²) in [5.41, 5.74) is 0.288. The minimum Gasteiger partial charge on any atom is -0.435 e. The van der Waals surface area contributed by atoms with E-state index in [0.29, 0.717) is 0 Å². The molecule has 0 fully saturated rings. The summed E-state index contributed by atoms with van der Waals surface area (Å²) in [5, 5.41) is 5.36. The van der Waals surface area contributed by atoms with Crippen molar-refractivity contribution in [1.29, 1.82) is 0 Å². The molecule has 0 aliphatic heterocycles. The lowest BCUT2D eigenvalue weighted by Gasteiger charge is -2.28. The highest BCUT2D eigenvalue weighted by Crippen LogP contribution is 2.33. The maximum Gasteiger partial charge on any atom is 0.522 e. The van der Waals surface area contributed by atoms with Crippen LogP contribution in [0, 0.1) is 0 Å². The molecule has 1 unspecified atom stereocenters. The minimum absolute atomic E-state index is 0.00960. The summed E-state index contributed by atoms with van der Waals surface area (Å²) in [6.07, 6.45) is -4.86. The van der Waals surface area contributed by atoms with E-state index in [9.17, 15) is 26.2 Å². The highest BCUT2D eigenvalue weighted by Gasteiger charge is 2.34. The van der Waals surface area contributed by atoms with E-state index < -0.39 is 41.2 Å². The van der Waals surface area contributed by atoms with Crippen LogP contribution in [0.1, 0.15) is 31.7 Å². The highest BCUT2D eigenvalue weighted by molar-refractivity contribution is 7.84. The molecule has 0 amide bonds. The maximum absolute atomic E-state index is 12.3. The zero-order valence-electron chi connectivity index (χ0n) is 13.0. The van der Waals surface area contributed by atoms with Gasteiger partial charge in [-0.2, -0.15) is 8.78 Å². The van der Waals surface area contributed by atoms with Crippen LogP contribution in [0.4, 0.5) is 22.0 Å². The van der Waals surface area contributed by atoms with E-state index in [2.05, 4.69) is 9.47 Å². The van der Waals surface area contributed by atoms with Crippen molar-refractivity contribution < 1.29 is 35.6 Å². The maximum atomic E-state index is 12.3. The number of ether oxygens (including phenoxy) is 2. The van der Waals surface area contributed by atoms with Gasteiger partial charge in [-0.3, -0.25) is 9.88 Å². The molecule has 24 heavy (non-hydrogen) atoms. The number of benzene rings is 1. The predicted octanol–water partition coefficient (Wildman–Crippen LogP) is 3.70. The van der Waals surface area contributed by atoms with Gasteiger partial charge in [0.15, 0.2) is 0 Å². The third kappa shape index (κ3) is 7.10. The molecule has 0 aliphatic carbocycles. The fourth-order valence-electron chi connectivity index (χ4n) is 2.09. The Morgan fingerprint density at radius 3 is 2.38 bits per heavy atom. The van der Waals surface area contributed by atoms with Crippen molar-refractivity contribution in [2.24, 2.45) is 5.14 Å². The third-order valence-corrected chi connectivity index (χ3v) is 4.54. The van der Waals surface area contributed by atoms with Crippen LogP contribution < -0.4 is 9.88 Å². The van der Waals surface area contributed by atoms with Crippen LogP contribution in [-0.4, -0.2) is 28.5 Å². The summed E-state index contributed by atoms with van der Waals surface area (Å²) in [6, 6.07) is 5.29. The van der Waals surface area contributed by atoms with E-state index in [1.165, 1.54) is 38.1 Å². The molecular formula is C14H18F5NO3S. The lowest BCUT2D eigenvalue weighted by Crippen LogP contribution is -2.35.